The van der Waals surface area contributed by atoms with Crippen molar-refractivity contribution in [2.75, 3.05) is 32.7 Å². The zero-order valence-electron chi connectivity index (χ0n) is 21.7. The van der Waals surface area contributed by atoms with Crippen molar-refractivity contribution in [3.63, 3.8) is 0 Å². The summed E-state index contributed by atoms with van der Waals surface area (Å²) in [6.07, 6.45) is 4.75. The van der Waals surface area contributed by atoms with Crippen molar-refractivity contribution in [2.24, 2.45) is 35.3 Å². The molecule has 8 atom stereocenters. The molecule has 9 heteroatoms. The minimum Gasteiger partial charge on any atom is -0.355 e. The van der Waals surface area contributed by atoms with Gasteiger partial charge in [0.05, 0.1) is 6.17 Å². The molecule has 2 saturated heterocycles. The largest absolute Gasteiger partial charge is 0.355 e. The van der Waals surface area contributed by atoms with Gasteiger partial charge in [-0.1, -0.05) is 6.42 Å². The third kappa shape index (κ3) is 6.53. The number of nitrogens with zero attached hydrogens (tertiary/aromatic N) is 1. The van der Waals surface area contributed by atoms with Crippen molar-refractivity contribution >= 4 is 5.91 Å². The van der Waals surface area contributed by atoms with Crippen molar-refractivity contribution in [2.45, 2.75) is 95.8 Å². The van der Waals surface area contributed by atoms with Crippen molar-refractivity contribution in [3.8, 4) is 0 Å². The molecule has 2 saturated carbocycles. The van der Waals surface area contributed by atoms with Gasteiger partial charge in [-0.15, -0.1) is 0 Å². The molecule has 202 valence electrons. The Bertz CT molecular complexity index is 674. The lowest BCUT2D eigenvalue weighted by Crippen LogP contribution is -2.62. The molecule has 7 nitrogen and oxygen atoms in total. The molecule has 8 unspecified atom stereocenters. The van der Waals surface area contributed by atoms with Gasteiger partial charge in [-0.05, 0) is 77.2 Å². The maximum atomic E-state index is 14.4. The monoisotopic (exact) mass is 498 g/mol. The highest BCUT2D eigenvalue weighted by molar-refractivity contribution is 5.79. The predicted molar refractivity (Wildman–Crippen MR) is 135 cm³/mol. The van der Waals surface area contributed by atoms with E-state index in [4.69, 9.17) is 5.73 Å². The van der Waals surface area contributed by atoms with Crippen molar-refractivity contribution in [1.29, 1.82) is 0 Å². The summed E-state index contributed by atoms with van der Waals surface area (Å²) >= 11 is 0. The van der Waals surface area contributed by atoms with E-state index < -0.39 is 18.3 Å². The number of rotatable bonds is 9. The Morgan fingerprint density at radius 3 is 2.54 bits per heavy atom. The minimum atomic E-state index is -1.16. The fourth-order valence-corrected chi connectivity index (χ4v) is 7.12. The molecule has 1 amide bonds. The van der Waals surface area contributed by atoms with E-state index >= 15 is 0 Å². The van der Waals surface area contributed by atoms with E-state index in [0.717, 1.165) is 32.5 Å². The van der Waals surface area contributed by atoms with Gasteiger partial charge < -0.3 is 16.4 Å². The van der Waals surface area contributed by atoms with Gasteiger partial charge in [0.15, 0.2) is 0 Å². The average Bonchev–Trinajstić information content (AvgIpc) is 3.28. The normalized spacial score (nSPS) is 40.6. The zero-order chi connectivity index (χ0) is 24.9. The van der Waals surface area contributed by atoms with Gasteiger partial charge in [-0.25, -0.2) is 13.8 Å². The molecular formula is C26H48F2N6O. The van der Waals surface area contributed by atoms with Crippen LogP contribution in [0.1, 0.15) is 65.2 Å². The van der Waals surface area contributed by atoms with Gasteiger partial charge in [0.2, 0.25) is 5.91 Å². The summed E-state index contributed by atoms with van der Waals surface area (Å²) in [5.74, 6) is 0.425. The maximum absolute atomic E-state index is 14.4. The molecule has 4 aliphatic rings. The predicted octanol–water partition coefficient (Wildman–Crippen LogP) is 2.08. The number of hydrogen-bond acceptors (Lipinski definition) is 6. The highest BCUT2D eigenvalue weighted by atomic mass is 19.1. The molecule has 4 rings (SSSR count). The summed E-state index contributed by atoms with van der Waals surface area (Å²) < 4.78 is 28.7. The van der Waals surface area contributed by atoms with Crippen molar-refractivity contribution in [3.05, 3.63) is 0 Å². The van der Waals surface area contributed by atoms with Gasteiger partial charge in [-0.3, -0.25) is 15.5 Å². The molecule has 35 heavy (non-hydrogen) atoms. The first-order valence-electron chi connectivity index (χ1n) is 14.1. The third-order valence-electron chi connectivity index (χ3n) is 9.06. The second kappa shape index (κ2) is 12.6. The van der Waals surface area contributed by atoms with E-state index in [-0.39, 0.29) is 36.5 Å². The first-order valence-corrected chi connectivity index (χ1v) is 14.1. The number of amides is 1. The van der Waals surface area contributed by atoms with Crippen LogP contribution in [-0.2, 0) is 4.79 Å². The summed E-state index contributed by atoms with van der Waals surface area (Å²) in [7, 11) is 0. The Morgan fingerprint density at radius 2 is 1.83 bits per heavy atom. The van der Waals surface area contributed by atoms with Gasteiger partial charge in [-0.2, -0.15) is 0 Å². The van der Waals surface area contributed by atoms with Gasteiger partial charge in [0.25, 0.3) is 0 Å². The van der Waals surface area contributed by atoms with E-state index in [1.54, 1.807) is 0 Å². The Labute approximate surface area is 210 Å². The summed E-state index contributed by atoms with van der Waals surface area (Å²) in [4.78, 5) is 13.5. The van der Waals surface area contributed by atoms with Crippen LogP contribution in [0, 0.1) is 29.6 Å². The van der Waals surface area contributed by atoms with Gasteiger partial charge in [0.1, 0.15) is 12.3 Å². The molecule has 4 fully saturated rings. The molecule has 0 aromatic carbocycles. The van der Waals surface area contributed by atoms with Crippen LogP contribution in [-0.4, -0.2) is 74.2 Å². The molecule has 2 aliphatic heterocycles. The van der Waals surface area contributed by atoms with Crippen LogP contribution < -0.4 is 27.1 Å². The minimum absolute atomic E-state index is 0.0270. The quantitative estimate of drug-likeness (QED) is 0.313. The lowest BCUT2D eigenvalue weighted by molar-refractivity contribution is -0.130. The zero-order valence-corrected chi connectivity index (χ0v) is 21.7. The third-order valence-corrected chi connectivity index (χ3v) is 9.06. The van der Waals surface area contributed by atoms with Gasteiger partial charge >= 0.3 is 0 Å². The maximum Gasteiger partial charge on any atom is 0.223 e. The number of halogens is 2. The fraction of sp³-hybridized carbons (Fsp3) is 0.962. The van der Waals surface area contributed by atoms with Crippen molar-refractivity contribution in [1.82, 2.24) is 26.4 Å². The number of hydrazine groups is 1. The van der Waals surface area contributed by atoms with Crippen LogP contribution in [0.4, 0.5) is 8.78 Å². The number of alkyl halides is 2. The SMILES string of the molecule is CC(C)N1NCC2C(C(=O)NCC3C(F)CCCC3F)CC(C3CCCC(CNCCN)C3)NC21. The summed E-state index contributed by atoms with van der Waals surface area (Å²) in [6.45, 7) is 7.70. The second-order valence-corrected chi connectivity index (χ2v) is 11.7. The number of fused-ring (bicyclic) bond motifs is 1. The van der Waals surface area contributed by atoms with E-state index in [0.29, 0.717) is 43.7 Å². The number of nitrogens with one attached hydrogen (secondary N) is 4. The fourth-order valence-electron chi connectivity index (χ4n) is 7.12. The first kappa shape index (κ1) is 27.2. The lowest BCUT2D eigenvalue weighted by atomic mass is 9.71. The topological polar surface area (TPSA) is 94.5 Å². The summed E-state index contributed by atoms with van der Waals surface area (Å²) in [5.41, 5.74) is 9.16. The van der Waals surface area contributed by atoms with E-state index in [9.17, 15) is 13.6 Å². The number of carbonyl (C=O) groups is 1. The van der Waals surface area contributed by atoms with Crippen LogP contribution in [0.3, 0.4) is 0 Å². The molecular weight excluding hydrogens is 450 g/mol. The molecule has 0 spiro atoms. The number of hydrogen-bond donors (Lipinski definition) is 5. The number of carbonyl (C=O) groups excluding carboxylic acids is 1. The second-order valence-electron chi connectivity index (χ2n) is 11.7. The Hall–Kier alpha value is -0.870. The molecule has 2 aliphatic carbocycles. The van der Waals surface area contributed by atoms with Crippen LogP contribution in [0.15, 0.2) is 0 Å². The average molecular weight is 499 g/mol. The van der Waals surface area contributed by atoms with E-state index in [1.165, 1.54) is 19.3 Å². The number of piperidine rings is 1. The molecule has 0 aromatic rings. The van der Waals surface area contributed by atoms with Crippen LogP contribution in [0.2, 0.25) is 0 Å². The smallest absolute Gasteiger partial charge is 0.223 e. The highest BCUT2D eigenvalue weighted by Crippen LogP contribution is 2.39. The molecule has 0 bridgehead atoms. The standard InChI is InChI=1S/C26H48F2N6O/c1-16(2)34-25-20(15-32-34)19(26(35)31-14-21-22(27)7-4-8-23(21)28)12-24(33-25)18-6-3-5-17(11-18)13-30-10-9-29/h16-25,30,32-33H,3-15,29H2,1-2H3,(H,31,35). The molecule has 2 heterocycles. The number of nitrogens with two attached hydrogens (primary N) is 1. The van der Waals surface area contributed by atoms with E-state index in [2.05, 4.69) is 40.2 Å². The van der Waals surface area contributed by atoms with Crippen LogP contribution >= 0.6 is 0 Å². The molecule has 0 radical (unpaired) electrons. The highest BCUT2D eigenvalue weighted by Gasteiger charge is 2.49. The Morgan fingerprint density at radius 1 is 1.09 bits per heavy atom. The lowest BCUT2D eigenvalue weighted by Gasteiger charge is -2.46. The van der Waals surface area contributed by atoms with Crippen molar-refractivity contribution < 1.29 is 13.6 Å². The summed E-state index contributed by atoms with van der Waals surface area (Å²) in [6, 6.07) is 0.573. The molecule has 0 aromatic heterocycles. The summed E-state index contributed by atoms with van der Waals surface area (Å²) in [5, 5.41) is 12.7. The Balaban J connectivity index is 1.42. The Kier molecular flexibility index (Phi) is 9.77. The van der Waals surface area contributed by atoms with E-state index in [1.807, 2.05) is 0 Å². The van der Waals surface area contributed by atoms with Gasteiger partial charge in [0, 0.05) is 56.0 Å². The first-order chi connectivity index (χ1) is 16.9. The van der Waals surface area contributed by atoms with Crippen LogP contribution in [0.25, 0.3) is 0 Å². The molecule has 6 N–H and O–H groups in total. The van der Waals surface area contributed by atoms with Crippen LogP contribution in [0.5, 0.6) is 0 Å².